The van der Waals surface area contributed by atoms with Gasteiger partial charge in [0.05, 0.1) is 24.9 Å². The molecule has 4 rings (SSSR count). The number of para-hydroxylation sites is 1. The monoisotopic (exact) mass is 448 g/mol. The van der Waals surface area contributed by atoms with Crippen molar-refractivity contribution >= 4 is 23.3 Å². The lowest BCUT2D eigenvalue weighted by molar-refractivity contribution is -0.140. The number of thiocarbonyl (C=S) groups is 1. The Bertz CT molecular complexity index is 1100. The molecule has 7 heteroatoms. The molecule has 2 atom stereocenters. The molecule has 0 spiro atoms. The highest BCUT2D eigenvalue weighted by molar-refractivity contribution is 7.80. The molecule has 2 aromatic heterocycles. The Kier molecular flexibility index (Phi) is 6.55. The van der Waals surface area contributed by atoms with Crippen molar-refractivity contribution in [2.45, 2.75) is 38.8 Å². The average molecular weight is 449 g/mol. The van der Waals surface area contributed by atoms with Crippen LogP contribution in [-0.2, 0) is 9.53 Å². The number of carbonyl (C=O) groups excluding carboxylic acids is 1. The van der Waals surface area contributed by atoms with E-state index in [2.05, 4.69) is 63.9 Å². The van der Waals surface area contributed by atoms with Crippen molar-refractivity contribution in [2.75, 3.05) is 13.7 Å². The van der Waals surface area contributed by atoms with Crippen LogP contribution < -0.4 is 5.32 Å². The van der Waals surface area contributed by atoms with E-state index in [4.69, 9.17) is 17.0 Å². The molecule has 3 aromatic rings. The summed E-state index contributed by atoms with van der Waals surface area (Å²) in [5.41, 5.74) is 5.61. The second-order valence-electron chi connectivity index (χ2n) is 8.00. The van der Waals surface area contributed by atoms with Gasteiger partial charge in [0.25, 0.3) is 0 Å². The van der Waals surface area contributed by atoms with Gasteiger partial charge in [0.1, 0.15) is 0 Å². The van der Waals surface area contributed by atoms with Gasteiger partial charge in [0.2, 0.25) is 0 Å². The zero-order chi connectivity index (χ0) is 22.7. The molecule has 0 radical (unpaired) electrons. The van der Waals surface area contributed by atoms with E-state index in [1.54, 1.807) is 0 Å². The number of nitrogens with one attached hydrogen (secondary N) is 1. The van der Waals surface area contributed by atoms with Crippen LogP contribution in [0.3, 0.4) is 0 Å². The zero-order valence-electron chi connectivity index (χ0n) is 18.6. The number of nitrogens with zero attached hydrogens (tertiary/aromatic N) is 3. The number of hydrogen-bond acceptors (Lipinski definition) is 4. The molecule has 1 saturated heterocycles. The summed E-state index contributed by atoms with van der Waals surface area (Å²) in [4.78, 5) is 18.5. The van der Waals surface area contributed by atoms with E-state index in [9.17, 15) is 4.79 Å². The second kappa shape index (κ2) is 9.53. The lowest BCUT2D eigenvalue weighted by atomic mass is 9.96. The number of methoxy groups -OCH3 is 1. The Morgan fingerprint density at radius 3 is 2.59 bits per heavy atom. The first-order chi connectivity index (χ1) is 15.5. The highest BCUT2D eigenvalue weighted by atomic mass is 32.1. The maximum Gasteiger partial charge on any atom is 0.305 e. The van der Waals surface area contributed by atoms with Crippen molar-refractivity contribution in [3.8, 4) is 5.69 Å². The maximum atomic E-state index is 11.7. The molecule has 166 valence electrons. The number of ether oxygens (including phenoxy) is 1. The predicted octanol–water partition coefficient (Wildman–Crippen LogP) is 4.41. The molecular weight excluding hydrogens is 420 g/mol. The summed E-state index contributed by atoms with van der Waals surface area (Å²) < 4.78 is 7.09. The van der Waals surface area contributed by atoms with E-state index in [1.807, 2.05) is 30.5 Å². The summed E-state index contributed by atoms with van der Waals surface area (Å²) in [5.74, 6) is -0.205. The number of aromatic nitrogens is 2. The van der Waals surface area contributed by atoms with Crippen molar-refractivity contribution in [3.05, 3.63) is 83.4 Å². The molecular formula is C25H28N4O2S. The predicted molar refractivity (Wildman–Crippen MR) is 129 cm³/mol. The van der Waals surface area contributed by atoms with Gasteiger partial charge in [-0.25, -0.2) is 0 Å². The molecule has 0 amide bonds. The van der Waals surface area contributed by atoms with Gasteiger partial charge in [0, 0.05) is 36.2 Å². The van der Waals surface area contributed by atoms with Gasteiger partial charge in [-0.1, -0.05) is 24.3 Å². The van der Waals surface area contributed by atoms with Gasteiger partial charge in [-0.15, -0.1) is 0 Å². The number of rotatable bonds is 7. The summed E-state index contributed by atoms with van der Waals surface area (Å²) in [6, 6.07) is 18.4. The van der Waals surface area contributed by atoms with E-state index >= 15 is 0 Å². The molecule has 0 unspecified atom stereocenters. The number of aryl methyl sites for hydroxylation is 1. The van der Waals surface area contributed by atoms with E-state index in [1.165, 1.54) is 18.4 Å². The van der Waals surface area contributed by atoms with Gasteiger partial charge < -0.3 is 19.5 Å². The highest BCUT2D eigenvalue weighted by Gasteiger charge is 2.41. The third kappa shape index (κ3) is 4.25. The van der Waals surface area contributed by atoms with Crippen LogP contribution in [0, 0.1) is 13.8 Å². The van der Waals surface area contributed by atoms with E-state index < -0.39 is 0 Å². The van der Waals surface area contributed by atoms with Crippen molar-refractivity contribution < 1.29 is 9.53 Å². The van der Waals surface area contributed by atoms with E-state index in [0.29, 0.717) is 24.5 Å². The molecule has 6 nitrogen and oxygen atoms in total. The molecule has 0 bridgehead atoms. The van der Waals surface area contributed by atoms with Crippen molar-refractivity contribution in [1.82, 2.24) is 19.8 Å². The van der Waals surface area contributed by atoms with Crippen molar-refractivity contribution in [2.24, 2.45) is 0 Å². The van der Waals surface area contributed by atoms with Gasteiger partial charge in [-0.2, -0.15) is 0 Å². The average Bonchev–Trinajstić information content (AvgIpc) is 3.29. The SMILES string of the molecule is COC(=O)CCCN1C(=S)N[C@H](c2ccccn2)[C@@H]1c1cc(C)n(-c2ccccc2)c1C. The Labute approximate surface area is 194 Å². The minimum atomic E-state index is -0.205. The number of esters is 1. The molecule has 1 aliphatic heterocycles. The minimum Gasteiger partial charge on any atom is -0.469 e. The lowest BCUT2D eigenvalue weighted by Gasteiger charge is -2.28. The molecule has 1 fully saturated rings. The van der Waals surface area contributed by atoms with Crippen LogP contribution in [0.4, 0.5) is 0 Å². The molecule has 3 heterocycles. The Hall–Kier alpha value is -3.19. The summed E-state index contributed by atoms with van der Waals surface area (Å²) >= 11 is 5.74. The maximum absolute atomic E-state index is 11.7. The van der Waals surface area contributed by atoms with Crippen LogP contribution >= 0.6 is 12.2 Å². The third-order valence-corrected chi connectivity index (χ3v) is 6.36. The smallest absolute Gasteiger partial charge is 0.305 e. The second-order valence-corrected chi connectivity index (χ2v) is 8.38. The normalized spacial score (nSPS) is 18.0. The topological polar surface area (TPSA) is 59.4 Å². The highest BCUT2D eigenvalue weighted by Crippen LogP contribution is 2.41. The van der Waals surface area contributed by atoms with Gasteiger partial charge in [0.15, 0.2) is 5.11 Å². The van der Waals surface area contributed by atoms with Crippen LogP contribution in [0.5, 0.6) is 0 Å². The molecule has 1 aromatic carbocycles. The molecule has 1 N–H and O–H groups in total. The minimum absolute atomic E-state index is 0.0290. The molecule has 0 saturated carbocycles. The van der Waals surface area contributed by atoms with Crippen molar-refractivity contribution in [1.29, 1.82) is 0 Å². The fourth-order valence-corrected chi connectivity index (χ4v) is 4.87. The number of benzene rings is 1. The largest absolute Gasteiger partial charge is 0.469 e. The van der Waals surface area contributed by atoms with E-state index in [-0.39, 0.29) is 18.1 Å². The van der Waals surface area contributed by atoms with Crippen LogP contribution in [0.15, 0.2) is 60.8 Å². The molecule has 32 heavy (non-hydrogen) atoms. The van der Waals surface area contributed by atoms with Crippen LogP contribution in [0.25, 0.3) is 5.69 Å². The van der Waals surface area contributed by atoms with Crippen LogP contribution in [0.2, 0.25) is 0 Å². The number of pyridine rings is 1. The van der Waals surface area contributed by atoms with Gasteiger partial charge in [-0.3, -0.25) is 9.78 Å². The molecule has 1 aliphatic rings. The van der Waals surface area contributed by atoms with Gasteiger partial charge in [-0.05, 0) is 68.4 Å². The molecule has 0 aliphatic carbocycles. The first kappa shape index (κ1) is 22.0. The summed E-state index contributed by atoms with van der Waals surface area (Å²) in [5, 5.41) is 4.17. The summed E-state index contributed by atoms with van der Waals surface area (Å²) in [7, 11) is 1.42. The Balaban J connectivity index is 1.74. The van der Waals surface area contributed by atoms with Gasteiger partial charge >= 0.3 is 5.97 Å². The fourth-order valence-electron chi connectivity index (χ4n) is 4.54. The quantitative estimate of drug-likeness (QED) is 0.427. The first-order valence-corrected chi connectivity index (χ1v) is 11.2. The standard InChI is InChI=1S/C25H28N4O2S/c1-17-16-20(18(2)29(17)19-10-5-4-6-11-19)24-23(21-12-7-8-14-26-21)27-25(32)28(24)15-9-13-22(30)31-3/h4-8,10-12,14,16,23-24H,9,13,15H2,1-3H3,(H,27,32)/t23-,24+/m1/s1. The Morgan fingerprint density at radius 1 is 1.16 bits per heavy atom. The van der Waals surface area contributed by atoms with Crippen LogP contribution in [-0.4, -0.2) is 39.2 Å². The first-order valence-electron chi connectivity index (χ1n) is 10.8. The zero-order valence-corrected chi connectivity index (χ0v) is 19.4. The number of carbonyl (C=O) groups is 1. The van der Waals surface area contributed by atoms with Crippen molar-refractivity contribution in [3.63, 3.8) is 0 Å². The van der Waals surface area contributed by atoms with Crippen LogP contribution in [0.1, 0.15) is 47.6 Å². The lowest BCUT2D eigenvalue weighted by Crippen LogP contribution is -2.31. The summed E-state index contributed by atoms with van der Waals surface area (Å²) in [6.45, 7) is 4.93. The van der Waals surface area contributed by atoms with E-state index in [0.717, 1.165) is 17.1 Å². The fraction of sp³-hybridized carbons (Fsp3) is 0.320. The summed E-state index contributed by atoms with van der Waals surface area (Å²) in [6.07, 6.45) is 2.83. The number of hydrogen-bond donors (Lipinski definition) is 1. The third-order valence-electron chi connectivity index (χ3n) is 6.01. The Morgan fingerprint density at radius 2 is 1.91 bits per heavy atom.